The molecule has 1 aromatic carbocycles. The first kappa shape index (κ1) is 16.5. The van der Waals surface area contributed by atoms with Crippen LogP contribution in [0.4, 0.5) is 18.9 Å². The van der Waals surface area contributed by atoms with Gasteiger partial charge in [-0.3, -0.25) is 9.78 Å². The maximum Gasteiger partial charge on any atom is 0.418 e. The number of aromatic nitrogens is 1. The molecule has 2 atom stereocenters. The number of hydrogen-bond donors (Lipinski definition) is 1. The predicted molar refractivity (Wildman–Crippen MR) is 83.9 cm³/mol. The number of anilines is 1. The molecule has 7 heteroatoms. The summed E-state index contributed by atoms with van der Waals surface area (Å²) in [5, 5.41) is 9.69. The maximum absolute atomic E-state index is 13.2. The van der Waals surface area contributed by atoms with Gasteiger partial charge in [0.05, 0.1) is 17.0 Å². The fraction of sp³-hybridized carbons (Fsp3) is 0.412. The lowest BCUT2D eigenvalue weighted by atomic mass is 9.89. The van der Waals surface area contributed by atoms with Gasteiger partial charge in [-0.1, -0.05) is 6.92 Å². The highest BCUT2D eigenvalue weighted by molar-refractivity contribution is 5.94. The molecule has 3 rings (SSSR count). The average molecular weight is 338 g/mol. The van der Waals surface area contributed by atoms with Gasteiger partial charge in [0.2, 0.25) is 0 Å². The lowest BCUT2D eigenvalue weighted by molar-refractivity contribution is -0.142. The van der Waals surface area contributed by atoms with Crippen LogP contribution >= 0.6 is 0 Å². The molecule has 1 N–H and O–H groups in total. The van der Waals surface area contributed by atoms with Crippen LogP contribution in [0.15, 0.2) is 30.5 Å². The van der Waals surface area contributed by atoms with Gasteiger partial charge in [-0.05, 0) is 36.6 Å². The summed E-state index contributed by atoms with van der Waals surface area (Å²) in [6.07, 6.45) is -2.58. The van der Waals surface area contributed by atoms with Crippen LogP contribution in [-0.4, -0.2) is 29.1 Å². The fourth-order valence-electron chi connectivity index (χ4n) is 3.39. The molecule has 0 radical (unpaired) electrons. The molecule has 0 unspecified atom stereocenters. The summed E-state index contributed by atoms with van der Waals surface area (Å²) in [6, 6.07) is 5.64. The number of nitrogens with zero attached hydrogens (tertiary/aromatic N) is 2. The number of piperidine rings is 1. The quantitative estimate of drug-likeness (QED) is 0.905. The van der Waals surface area contributed by atoms with Crippen LogP contribution in [0.5, 0.6) is 0 Å². The van der Waals surface area contributed by atoms with Crippen LogP contribution < -0.4 is 4.90 Å². The zero-order valence-electron chi connectivity index (χ0n) is 13.0. The van der Waals surface area contributed by atoms with E-state index in [1.807, 2.05) is 11.8 Å². The van der Waals surface area contributed by atoms with E-state index in [0.717, 1.165) is 6.07 Å². The number of benzene rings is 1. The van der Waals surface area contributed by atoms with Crippen LogP contribution in [0, 0.1) is 11.8 Å². The first-order valence-electron chi connectivity index (χ1n) is 7.70. The topological polar surface area (TPSA) is 53.4 Å². The number of rotatable bonds is 2. The molecule has 1 aromatic heterocycles. The van der Waals surface area contributed by atoms with Gasteiger partial charge in [-0.15, -0.1) is 0 Å². The third-order valence-electron chi connectivity index (χ3n) is 4.40. The minimum Gasteiger partial charge on any atom is -0.481 e. The lowest BCUT2D eigenvalue weighted by Crippen LogP contribution is -2.42. The van der Waals surface area contributed by atoms with E-state index in [1.54, 1.807) is 12.1 Å². The van der Waals surface area contributed by atoms with E-state index in [0.29, 0.717) is 24.0 Å². The van der Waals surface area contributed by atoms with Gasteiger partial charge in [0.15, 0.2) is 0 Å². The van der Waals surface area contributed by atoms with Crippen molar-refractivity contribution < 1.29 is 23.1 Å². The number of hydrogen-bond acceptors (Lipinski definition) is 3. The van der Waals surface area contributed by atoms with Gasteiger partial charge in [0.1, 0.15) is 0 Å². The first-order valence-corrected chi connectivity index (χ1v) is 7.70. The molecular formula is C17H17F3N2O2. The Morgan fingerprint density at radius 1 is 1.29 bits per heavy atom. The van der Waals surface area contributed by atoms with Crippen LogP contribution in [0.1, 0.15) is 18.9 Å². The van der Waals surface area contributed by atoms with Gasteiger partial charge in [0.25, 0.3) is 0 Å². The number of aliphatic carboxylic acids is 1. The molecule has 0 saturated carbocycles. The van der Waals surface area contributed by atoms with E-state index < -0.39 is 23.6 Å². The zero-order valence-corrected chi connectivity index (χ0v) is 13.0. The molecule has 1 fully saturated rings. The molecule has 0 bridgehead atoms. The Kier molecular flexibility index (Phi) is 4.11. The second kappa shape index (κ2) is 5.96. The van der Waals surface area contributed by atoms with Crippen LogP contribution in [0.2, 0.25) is 0 Å². The molecule has 0 aliphatic carbocycles. The normalized spacial score (nSPS) is 21.9. The third-order valence-corrected chi connectivity index (χ3v) is 4.40. The number of carboxylic acids is 1. The molecule has 2 heterocycles. The molecule has 1 aliphatic heterocycles. The van der Waals surface area contributed by atoms with Crippen molar-refractivity contribution in [2.24, 2.45) is 11.8 Å². The van der Waals surface area contributed by atoms with E-state index in [9.17, 15) is 23.1 Å². The van der Waals surface area contributed by atoms with Crippen molar-refractivity contribution in [3.63, 3.8) is 0 Å². The molecule has 2 aromatic rings. The van der Waals surface area contributed by atoms with Crippen LogP contribution in [-0.2, 0) is 11.0 Å². The summed E-state index contributed by atoms with van der Waals surface area (Å²) in [7, 11) is 0. The van der Waals surface area contributed by atoms with E-state index in [2.05, 4.69) is 4.98 Å². The smallest absolute Gasteiger partial charge is 0.418 e. The largest absolute Gasteiger partial charge is 0.481 e. The van der Waals surface area contributed by atoms with Crippen LogP contribution in [0.3, 0.4) is 0 Å². The highest BCUT2D eigenvalue weighted by atomic mass is 19.4. The molecular weight excluding hydrogens is 321 g/mol. The van der Waals surface area contributed by atoms with Crippen molar-refractivity contribution >= 4 is 22.6 Å². The highest BCUT2D eigenvalue weighted by Crippen LogP contribution is 2.38. The molecule has 1 aliphatic rings. The van der Waals surface area contributed by atoms with Gasteiger partial charge in [-0.25, -0.2) is 0 Å². The number of alkyl halides is 3. The molecule has 4 nitrogen and oxygen atoms in total. The van der Waals surface area contributed by atoms with E-state index in [4.69, 9.17) is 0 Å². The summed E-state index contributed by atoms with van der Waals surface area (Å²) in [5.74, 6) is -1.25. The van der Waals surface area contributed by atoms with Crippen molar-refractivity contribution in [1.82, 2.24) is 4.98 Å². The summed E-state index contributed by atoms with van der Waals surface area (Å²) >= 11 is 0. The Labute approximate surface area is 136 Å². The van der Waals surface area contributed by atoms with Gasteiger partial charge >= 0.3 is 12.1 Å². The zero-order chi connectivity index (χ0) is 17.5. The summed E-state index contributed by atoms with van der Waals surface area (Å²) in [5.41, 5.74) is -0.279. The standard InChI is InChI=1S/C17H17F3N2O2/c1-10-7-11(16(23)24)9-22(8-10)14-5-4-13(17(18,19)20)15-12(14)3-2-6-21-15/h2-6,10-11H,7-9H2,1H3,(H,23,24)/t10-,11-/m1/s1. The SMILES string of the molecule is C[C@@H]1C[C@@H](C(=O)O)CN(c2ccc(C(F)(F)F)c3ncccc23)C1. The minimum atomic E-state index is -4.48. The van der Waals surface area contributed by atoms with Crippen molar-refractivity contribution in [1.29, 1.82) is 0 Å². The molecule has 24 heavy (non-hydrogen) atoms. The van der Waals surface area contributed by atoms with Gasteiger partial charge < -0.3 is 10.0 Å². The molecule has 0 spiro atoms. The number of halogens is 3. The van der Waals surface area contributed by atoms with E-state index in [-0.39, 0.29) is 18.0 Å². The highest BCUT2D eigenvalue weighted by Gasteiger charge is 2.35. The number of carbonyl (C=O) groups is 1. The van der Waals surface area contributed by atoms with Crippen LogP contribution in [0.25, 0.3) is 10.9 Å². The van der Waals surface area contributed by atoms with Crippen molar-refractivity contribution in [3.05, 3.63) is 36.0 Å². The Hall–Kier alpha value is -2.31. The van der Waals surface area contributed by atoms with Crippen molar-refractivity contribution in [2.75, 3.05) is 18.0 Å². The van der Waals surface area contributed by atoms with Crippen molar-refractivity contribution in [3.8, 4) is 0 Å². The Bertz CT molecular complexity index is 776. The fourth-order valence-corrected chi connectivity index (χ4v) is 3.39. The predicted octanol–water partition coefficient (Wildman–Crippen LogP) is 3.80. The molecule has 128 valence electrons. The molecule has 1 saturated heterocycles. The summed E-state index contributed by atoms with van der Waals surface area (Å²) in [4.78, 5) is 17.1. The second-order valence-electron chi connectivity index (χ2n) is 6.31. The number of fused-ring (bicyclic) bond motifs is 1. The Balaban J connectivity index is 2.09. The minimum absolute atomic E-state index is 0.104. The summed E-state index contributed by atoms with van der Waals surface area (Å²) in [6.45, 7) is 2.85. The monoisotopic (exact) mass is 338 g/mol. The number of carboxylic acid groups (broad SMARTS) is 1. The molecule has 0 amide bonds. The average Bonchev–Trinajstić information content (AvgIpc) is 2.52. The first-order chi connectivity index (χ1) is 11.3. The maximum atomic E-state index is 13.2. The second-order valence-corrected chi connectivity index (χ2v) is 6.31. The Morgan fingerprint density at radius 2 is 2.04 bits per heavy atom. The Morgan fingerprint density at radius 3 is 2.71 bits per heavy atom. The van der Waals surface area contributed by atoms with Gasteiger partial charge in [0, 0.05) is 30.4 Å². The number of pyridine rings is 1. The van der Waals surface area contributed by atoms with Gasteiger partial charge in [-0.2, -0.15) is 13.2 Å². The van der Waals surface area contributed by atoms with E-state index in [1.165, 1.54) is 12.3 Å². The third kappa shape index (κ3) is 3.02. The van der Waals surface area contributed by atoms with E-state index >= 15 is 0 Å². The van der Waals surface area contributed by atoms with Crippen molar-refractivity contribution in [2.45, 2.75) is 19.5 Å². The lowest BCUT2D eigenvalue weighted by Gasteiger charge is -2.37. The summed E-state index contributed by atoms with van der Waals surface area (Å²) < 4.78 is 39.6.